The van der Waals surface area contributed by atoms with Gasteiger partial charge in [0.25, 0.3) is 0 Å². The molecular weight excluding hydrogens is 576 g/mol. The van der Waals surface area contributed by atoms with Gasteiger partial charge in [-0.1, -0.05) is 96.2 Å². The minimum atomic E-state index is 0.259. The number of carbonyl (C=O) groups is 1. The van der Waals surface area contributed by atoms with Gasteiger partial charge in [-0.15, -0.1) is 10.2 Å². The number of aromatic nitrogens is 4. The lowest BCUT2D eigenvalue weighted by molar-refractivity contribution is -0.132. The van der Waals surface area contributed by atoms with Gasteiger partial charge in [-0.3, -0.25) is 9.69 Å². The molecule has 43 heavy (non-hydrogen) atoms. The van der Waals surface area contributed by atoms with Gasteiger partial charge in [0.1, 0.15) is 5.52 Å². The molecule has 220 valence electrons. The fourth-order valence-electron chi connectivity index (χ4n) is 5.51. The highest BCUT2D eigenvalue weighted by Crippen LogP contribution is 2.28. The maximum Gasteiger partial charge on any atom is 0.222 e. The molecule has 1 aliphatic heterocycles. The van der Waals surface area contributed by atoms with Crippen LogP contribution in [0.3, 0.4) is 0 Å². The minimum Gasteiger partial charge on any atom is -0.340 e. The van der Waals surface area contributed by atoms with Crippen molar-refractivity contribution in [3.63, 3.8) is 0 Å². The predicted molar refractivity (Wildman–Crippen MR) is 176 cm³/mol. The fourth-order valence-corrected chi connectivity index (χ4v) is 6.50. The quantitative estimate of drug-likeness (QED) is 0.121. The average molecular weight is 611 g/mol. The molecule has 0 unspecified atom stereocenters. The number of carbonyl (C=O) groups excluding carboxylic acids is 1. The summed E-state index contributed by atoms with van der Waals surface area (Å²) in [6, 6.07) is 26.5. The Kier molecular flexibility index (Phi) is 9.67. The summed E-state index contributed by atoms with van der Waals surface area (Å²) in [4.78, 5) is 22.2. The molecule has 0 N–H and O–H groups in total. The number of benzene rings is 3. The number of nitrogens with zero attached hydrogens (tertiary/aromatic N) is 6. The Labute approximate surface area is 261 Å². The summed E-state index contributed by atoms with van der Waals surface area (Å²) in [5, 5.41) is 11.4. The number of piperazine rings is 1. The van der Waals surface area contributed by atoms with Gasteiger partial charge >= 0.3 is 0 Å². The van der Waals surface area contributed by atoms with E-state index >= 15 is 0 Å². The van der Waals surface area contributed by atoms with Crippen LogP contribution in [0.15, 0.2) is 90.1 Å². The number of rotatable bonds is 11. The van der Waals surface area contributed by atoms with Crippen LogP contribution in [0, 0.1) is 0 Å². The first-order chi connectivity index (χ1) is 21.1. The van der Waals surface area contributed by atoms with E-state index in [4.69, 9.17) is 16.6 Å². The summed E-state index contributed by atoms with van der Waals surface area (Å²) >= 11 is 7.85. The summed E-state index contributed by atoms with van der Waals surface area (Å²) in [6.07, 6.45) is 6.74. The summed E-state index contributed by atoms with van der Waals surface area (Å²) in [5.74, 6) is 1.10. The van der Waals surface area contributed by atoms with Crippen LogP contribution >= 0.6 is 23.4 Å². The van der Waals surface area contributed by atoms with E-state index in [2.05, 4.69) is 74.3 Å². The highest BCUT2D eigenvalue weighted by atomic mass is 35.5. The molecule has 3 heterocycles. The third-order valence-electron chi connectivity index (χ3n) is 7.80. The van der Waals surface area contributed by atoms with Crippen LogP contribution in [0.5, 0.6) is 0 Å². The minimum absolute atomic E-state index is 0.259. The number of unbranched alkanes of at least 4 members (excludes halogenated alkanes) is 1. The first-order valence-electron chi connectivity index (χ1n) is 14.8. The van der Waals surface area contributed by atoms with Crippen molar-refractivity contribution in [1.82, 2.24) is 29.5 Å². The lowest BCUT2D eigenvalue weighted by atomic mass is 10.2. The maximum absolute atomic E-state index is 12.8. The van der Waals surface area contributed by atoms with Crippen molar-refractivity contribution in [1.29, 1.82) is 0 Å². The molecule has 0 aliphatic carbocycles. The Morgan fingerprint density at radius 2 is 1.72 bits per heavy atom. The normalized spacial score (nSPS) is 14.3. The van der Waals surface area contributed by atoms with Crippen molar-refractivity contribution >= 4 is 57.4 Å². The maximum atomic E-state index is 12.8. The van der Waals surface area contributed by atoms with Crippen LogP contribution in [0.4, 0.5) is 0 Å². The van der Waals surface area contributed by atoms with Crippen LogP contribution in [0.25, 0.3) is 28.1 Å². The van der Waals surface area contributed by atoms with Gasteiger partial charge in [0.05, 0.1) is 5.52 Å². The molecule has 5 aromatic rings. The van der Waals surface area contributed by atoms with Gasteiger partial charge in [0.15, 0.2) is 5.65 Å². The number of thioether (sulfide) groups is 1. The SMILES string of the molecule is O=C(CCCCSc1nnc2c3ccccc3n(Cc3cccc(Cl)c3)c2n1)N1CCN(C/C=C/c2ccccc2)CC1. The first kappa shape index (κ1) is 29.4. The van der Waals surface area contributed by atoms with E-state index in [1.807, 2.05) is 41.3 Å². The smallest absolute Gasteiger partial charge is 0.222 e. The highest BCUT2D eigenvalue weighted by Gasteiger charge is 2.20. The standard InChI is InChI=1S/C34H35ClN6OS/c35-28-14-8-12-27(24-28)25-41-30-16-5-4-15-29(30)32-33(41)36-34(38-37-32)43-23-7-6-17-31(42)40-21-19-39(20-22-40)18-9-13-26-10-2-1-3-11-26/h1-5,8-16,24H,6-7,17-23,25H2/b13-9+. The molecule has 0 bridgehead atoms. The zero-order chi connectivity index (χ0) is 29.4. The number of halogens is 1. The highest BCUT2D eigenvalue weighted by molar-refractivity contribution is 7.99. The van der Waals surface area contributed by atoms with E-state index in [9.17, 15) is 4.79 Å². The predicted octanol–water partition coefficient (Wildman–Crippen LogP) is 6.80. The molecule has 0 saturated carbocycles. The third-order valence-corrected chi connectivity index (χ3v) is 8.96. The van der Waals surface area contributed by atoms with Crippen LogP contribution in [0.2, 0.25) is 5.02 Å². The Balaban J connectivity index is 0.978. The Morgan fingerprint density at radius 3 is 2.56 bits per heavy atom. The van der Waals surface area contributed by atoms with Crippen LogP contribution in [-0.2, 0) is 11.3 Å². The van der Waals surface area contributed by atoms with Crippen LogP contribution < -0.4 is 0 Å². The largest absolute Gasteiger partial charge is 0.340 e. The monoisotopic (exact) mass is 610 g/mol. The molecule has 2 aromatic heterocycles. The van der Waals surface area contributed by atoms with Gasteiger partial charge in [0.2, 0.25) is 11.1 Å². The molecule has 0 spiro atoms. The number of hydrogen-bond donors (Lipinski definition) is 0. The van der Waals surface area contributed by atoms with Crippen molar-refractivity contribution in [2.24, 2.45) is 0 Å². The summed E-state index contributed by atoms with van der Waals surface area (Å²) < 4.78 is 2.19. The van der Waals surface area contributed by atoms with Crippen molar-refractivity contribution in [2.45, 2.75) is 31.0 Å². The van der Waals surface area contributed by atoms with Gasteiger partial charge in [-0.25, -0.2) is 4.98 Å². The molecule has 1 aliphatic rings. The van der Waals surface area contributed by atoms with Crippen LogP contribution in [-0.4, -0.2) is 73.9 Å². The zero-order valence-electron chi connectivity index (χ0n) is 24.1. The van der Waals surface area contributed by atoms with Crippen molar-refractivity contribution < 1.29 is 4.79 Å². The fraction of sp³-hybridized carbons (Fsp3) is 0.294. The molecule has 9 heteroatoms. The van der Waals surface area contributed by atoms with Gasteiger partial charge in [-0.2, -0.15) is 0 Å². The van der Waals surface area contributed by atoms with Crippen LogP contribution in [0.1, 0.15) is 30.4 Å². The Bertz CT molecular complexity index is 1710. The van der Waals surface area contributed by atoms with Crippen molar-refractivity contribution in [3.05, 3.63) is 101 Å². The number of hydrogen-bond acceptors (Lipinski definition) is 6. The number of para-hydroxylation sites is 1. The number of fused-ring (bicyclic) bond motifs is 3. The lowest BCUT2D eigenvalue weighted by Crippen LogP contribution is -2.48. The second-order valence-corrected chi connectivity index (χ2v) is 12.3. The first-order valence-corrected chi connectivity index (χ1v) is 16.2. The van der Waals surface area contributed by atoms with Gasteiger partial charge < -0.3 is 9.47 Å². The Morgan fingerprint density at radius 1 is 0.907 bits per heavy atom. The van der Waals surface area contributed by atoms with E-state index in [-0.39, 0.29) is 5.91 Å². The van der Waals surface area contributed by atoms with E-state index in [1.54, 1.807) is 11.8 Å². The molecule has 1 fully saturated rings. The van der Waals surface area contributed by atoms with E-state index < -0.39 is 0 Å². The molecule has 7 nitrogen and oxygen atoms in total. The summed E-state index contributed by atoms with van der Waals surface area (Å²) in [7, 11) is 0. The Hall–Kier alpha value is -3.72. The molecular formula is C34H35ClN6OS. The topological polar surface area (TPSA) is 67.2 Å². The second kappa shape index (κ2) is 14.2. The van der Waals surface area contributed by atoms with Crippen molar-refractivity contribution in [3.8, 4) is 0 Å². The zero-order valence-corrected chi connectivity index (χ0v) is 25.7. The molecule has 1 amide bonds. The van der Waals surface area contributed by atoms with Gasteiger partial charge in [0, 0.05) is 61.9 Å². The molecule has 1 saturated heterocycles. The summed E-state index contributed by atoms with van der Waals surface area (Å²) in [6.45, 7) is 5.00. The van der Waals surface area contributed by atoms with Crippen molar-refractivity contribution in [2.75, 3.05) is 38.5 Å². The summed E-state index contributed by atoms with van der Waals surface area (Å²) in [5.41, 5.74) is 5.02. The second-order valence-electron chi connectivity index (χ2n) is 10.8. The number of amides is 1. The average Bonchev–Trinajstić information content (AvgIpc) is 3.34. The van der Waals surface area contributed by atoms with Gasteiger partial charge in [-0.05, 0) is 42.2 Å². The lowest BCUT2D eigenvalue weighted by Gasteiger charge is -2.34. The third kappa shape index (κ3) is 7.44. The van der Waals surface area contributed by atoms with E-state index in [1.165, 1.54) is 5.56 Å². The van der Waals surface area contributed by atoms with E-state index in [0.29, 0.717) is 18.1 Å². The molecule has 0 atom stereocenters. The molecule has 0 radical (unpaired) electrons. The molecule has 6 rings (SSSR count). The molecule has 3 aromatic carbocycles. The van der Waals surface area contributed by atoms with E-state index in [0.717, 1.165) is 84.0 Å².